The summed E-state index contributed by atoms with van der Waals surface area (Å²) < 4.78 is 0. The number of nitrogens with zero attached hydrogens (tertiary/aromatic N) is 1. The van der Waals surface area contributed by atoms with Crippen molar-refractivity contribution in [1.29, 1.82) is 0 Å². The molecular formula is C13H18ClNO. The molecule has 0 aliphatic carbocycles. The first-order valence-corrected chi connectivity index (χ1v) is 6.11. The highest BCUT2D eigenvalue weighted by Crippen LogP contribution is 2.12. The molecule has 16 heavy (non-hydrogen) atoms. The summed E-state index contributed by atoms with van der Waals surface area (Å²) in [6.07, 6.45) is 1.97. The molecule has 0 bridgehead atoms. The molecule has 3 heteroatoms. The van der Waals surface area contributed by atoms with Gasteiger partial charge in [-0.3, -0.25) is 4.79 Å². The lowest BCUT2D eigenvalue weighted by Gasteiger charge is -2.21. The van der Waals surface area contributed by atoms with Gasteiger partial charge in [-0.05, 0) is 37.1 Å². The van der Waals surface area contributed by atoms with Crippen LogP contribution in [0.3, 0.4) is 0 Å². The second-order valence-corrected chi connectivity index (χ2v) is 4.24. The highest BCUT2D eigenvalue weighted by atomic mass is 35.5. The number of hydrogen-bond donors (Lipinski definition) is 0. The van der Waals surface area contributed by atoms with Crippen molar-refractivity contribution < 1.29 is 4.79 Å². The van der Waals surface area contributed by atoms with Crippen LogP contribution in [-0.4, -0.2) is 23.9 Å². The zero-order valence-corrected chi connectivity index (χ0v) is 10.6. The van der Waals surface area contributed by atoms with Crippen LogP contribution in [0.2, 0.25) is 5.02 Å². The van der Waals surface area contributed by atoms with Gasteiger partial charge in [-0.1, -0.05) is 25.4 Å². The first-order valence-electron chi connectivity index (χ1n) is 5.73. The smallest absolute Gasteiger partial charge is 0.253 e. The molecule has 0 unspecified atom stereocenters. The third kappa shape index (κ3) is 3.53. The molecule has 1 aromatic carbocycles. The van der Waals surface area contributed by atoms with E-state index in [0.717, 1.165) is 25.9 Å². The quantitative estimate of drug-likeness (QED) is 0.769. The number of carbonyl (C=O) groups is 1. The van der Waals surface area contributed by atoms with E-state index in [1.165, 1.54) is 0 Å². The normalized spacial score (nSPS) is 10.2. The Balaban J connectivity index is 2.77. The van der Waals surface area contributed by atoms with Gasteiger partial charge in [-0.25, -0.2) is 0 Å². The van der Waals surface area contributed by atoms with Crippen LogP contribution in [0.1, 0.15) is 37.0 Å². The van der Waals surface area contributed by atoms with Gasteiger partial charge in [-0.2, -0.15) is 0 Å². The summed E-state index contributed by atoms with van der Waals surface area (Å²) in [5.74, 6) is 0.0976. The largest absolute Gasteiger partial charge is 0.339 e. The van der Waals surface area contributed by atoms with Gasteiger partial charge in [0.25, 0.3) is 5.91 Å². The summed E-state index contributed by atoms with van der Waals surface area (Å²) in [6, 6.07) is 7.07. The van der Waals surface area contributed by atoms with E-state index in [2.05, 4.69) is 13.8 Å². The Morgan fingerprint density at radius 1 is 1.12 bits per heavy atom. The molecule has 0 aromatic heterocycles. The lowest BCUT2D eigenvalue weighted by Crippen LogP contribution is -2.32. The minimum absolute atomic E-state index is 0.0976. The minimum atomic E-state index is 0.0976. The van der Waals surface area contributed by atoms with Gasteiger partial charge in [0.1, 0.15) is 0 Å². The summed E-state index contributed by atoms with van der Waals surface area (Å²) in [6.45, 7) is 5.79. The second-order valence-electron chi connectivity index (χ2n) is 3.80. The molecule has 0 radical (unpaired) electrons. The van der Waals surface area contributed by atoms with E-state index in [4.69, 9.17) is 11.6 Å². The molecule has 88 valence electrons. The minimum Gasteiger partial charge on any atom is -0.339 e. The van der Waals surface area contributed by atoms with E-state index >= 15 is 0 Å². The molecule has 1 aromatic rings. The Morgan fingerprint density at radius 3 is 2.06 bits per heavy atom. The molecule has 0 fully saturated rings. The summed E-state index contributed by atoms with van der Waals surface area (Å²) >= 11 is 5.79. The fourth-order valence-corrected chi connectivity index (χ4v) is 1.76. The lowest BCUT2D eigenvalue weighted by molar-refractivity contribution is 0.0755. The summed E-state index contributed by atoms with van der Waals surface area (Å²) in [4.78, 5) is 14.0. The lowest BCUT2D eigenvalue weighted by atomic mass is 10.2. The molecule has 0 atom stereocenters. The second kappa shape index (κ2) is 6.54. The van der Waals surface area contributed by atoms with Crippen LogP contribution >= 0.6 is 11.6 Å². The molecule has 0 saturated heterocycles. The fourth-order valence-electron chi connectivity index (χ4n) is 1.63. The van der Waals surface area contributed by atoms with Gasteiger partial charge in [0.05, 0.1) is 0 Å². The summed E-state index contributed by atoms with van der Waals surface area (Å²) in [7, 11) is 0. The van der Waals surface area contributed by atoms with Crippen LogP contribution in [0.15, 0.2) is 24.3 Å². The van der Waals surface area contributed by atoms with Gasteiger partial charge in [0.2, 0.25) is 0 Å². The van der Waals surface area contributed by atoms with Crippen LogP contribution in [-0.2, 0) is 0 Å². The van der Waals surface area contributed by atoms with E-state index in [1.807, 2.05) is 4.90 Å². The van der Waals surface area contributed by atoms with Crippen molar-refractivity contribution in [2.24, 2.45) is 0 Å². The Hall–Kier alpha value is -1.02. The van der Waals surface area contributed by atoms with Gasteiger partial charge in [0.15, 0.2) is 0 Å². The van der Waals surface area contributed by atoms with Crippen molar-refractivity contribution in [1.82, 2.24) is 4.90 Å². The van der Waals surface area contributed by atoms with E-state index in [9.17, 15) is 4.79 Å². The maximum absolute atomic E-state index is 12.1. The van der Waals surface area contributed by atoms with Crippen LogP contribution in [0.4, 0.5) is 0 Å². The van der Waals surface area contributed by atoms with Crippen molar-refractivity contribution in [3.8, 4) is 0 Å². The molecule has 0 spiro atoms. The van der Waals surface area contributed by atoms with Crippen molar-refractivity contribution in [2.45, 2.75) is 26.7 Å². The molecule has 0 aliphatic heterocycles. The van der Waals surface area contributed by atoms with Gasteiger partial charge >= 0.3 is 0 Å². The first-order chi connectivity index (χ1) is 7.69. The standard InChI is InChI=1S/C13H18ClNO/c1-3-9-15(10-4-2)13(16)11-5-7-12(14)8-6-11/h5-8H,3-4,9-10H2,1-2H3. The van der Waals surface area contributed by atoms with E-state index in [0.29, 0.717) is 10.6 Å². The van der Waals surface area contributed by atoms with E-state index in [1.54, 1.807) is 24.3 Å². The van der Waals surface area contributed by atoms with Crippen molar-refractivity contribution >= 4 is 17.5 Å². The maximum atomic E-state index is 12.1. The SMILES string of the molecule is CCCN(CCC)C(=O)c1ccc(Cl)cc1. The van der Waals surface area contributed by atoms with Crippen LogP contribution in [0.25, 0.3) is 0 Å². The number of amides is 1. The van der Waals surface area contributed by atoms with E-state index in [-0.39, 0.29) is 5.91 Å². The molecule has 1 amide bonds. The van der Waals surface area contributed by atoms with Crippen LogP contribution < -0.4 is 0 Å². The van der Waals surface area contributed by atoms with Gasteiger partial charge < -0.3 is 4.90 Å². The Bertz CT molecular complexity index is 328. The highest BCUT2D eigenvalue weighted by molar-refractivity contribution is 6.30. The molecule has 0 aliphatic rings. The van der Waals surface area contributed by atoms with E-state index < -0.39 is 0 Å². The predicted octanol–water partition coefficient (Wildman–Crippen LogP) is 3.60. The topological polar surface area (TPSA) is 20.3 Å². The molecule has 0 N–H and O–H groups in total. The Morgan fingerprint density at radius 2 is 1.62 bits per heavy atom. The maximum Gasteiger partial charge on any atom is 0.253 e. The average Bonchev–Trinajstić information content (AvgIpc) is 2.29. The van der Waals surface area contributed by atoms with Crippen molar-refractivity contribution in [3.63, 3.8) is 0 Å². The summed E-state index contributed by atoms with van der Waals surface area (Å²) in [5.41, 5.74) is 0.714. The average molecular weight is 240 g/mol. The molecule has 2 nitrogen and oxygen atoms in total. The highest BCUT2D eigenvalue weighted by Gasteiger charge is 2.13. The number of carbonyl (C=O) groups excluding carboxylic acids is 1. The molecular weight excluding hydrogens is 222 g/mol. The molecule has 0 saturated carbocycles. The third-order valence-electron chi connectivity index (χ3n) is 2.37. The monoisotopic (exact) mass is 239 g/mol. The third-order valence-corrected chi connectivity index (χ3v) is 2.62. The summed E-state index contributed by atoms with van der Waals surface area (Å²) in [5, 5.41) is 0.661. The van der Waals surface area contributed by atoms with Crippen LogP contribution in [0.5, 0.6) is 0 Å². The number of halogens is 1. The zero-order chi connectivity index (χ0) is 12.0. The van der Waals surface area contributed by atoms with Crippen molar-refractivity contribution in [2.75, 3.05) is 13.1 Å². The Labute approximate surface area is 102 Å². The first kappa shape index (κ1) is 13.0. The number of hydrogen-bond acceptors (Lipinski definition) is 1. The molecule has 0 heterocycles. The molecule has 1 rings (SSSR count). The predicted molar refractivity (Wildman–Crippen MR) is 67.9 cm³/mol. The fraction of sp³-hybridized carbons (Fsp3) is 0.462. The zero-order valence-electron chi connectivity index (χ0n) is 9.87. The van der Waals surface area contributed by atoms with Crippen molar-refractivity contribution in [3.05, 3.63) is 34.9 Å². The number of benzene rings is 1. The van der Waals surface area contributed by atoms with Gasteiger partial charge in [0, 0.05) is 23.7 Å². The number of rotatable bonds is 5. The van der Waals surface area contributed by atoms with Crippen LogP contribution in [0, 0.1) is 0 Å². The van der Waals surface area contributed by atoms with Gasteiger partial charge in [-0.15, -0.1) is 0 Å². The Kier molecular flexibility index (Phi) is 5.33.